The summed E-state index contributed by atoms with van der Waals surface area (Å²) in [6.07, 6.45) is 4.81. The first-order valence-corrected chi connectivity index (χ1v) is 7.61. The molecule has 2 heterocycles. The topological polar surface area (TPSA) is 72.0 Å². The fourth-order valence-corrected chi connectivity index (χ4v) is 3.55. The van der Waals surface area contributed by atoms with Crippen molar-refractivity contribution < 1.29 is 8.42 Å². The van der Waals surface area contributed by atoms with Crippen LogP contribution in [0, 0.1) is 0 Å². The van der Waals surface area contributed by atoms with Crippen LogP contribution in [-0.4, -0.2) is 35.9 Å². The third kappa shape index (κ3) is 3.15. The zero-order chi connectivity index (χ0) is 11.6. The van der Waals surface area contributed by atoms with Gasteiger partial charge in [-0.05, 0) is 28.8 Å². The normalized spacial score (nSPS) is 23.9. The van der Waals surface area contributed by atoms with E-state index in [1.54, 1.807) is 12.4 Å². The number of nitrogens with one attached hydrogen (secondary N) is 1. The second kappa shape index (κ2) is 4.67. The van der Waals surface area contributed by atoms with Crippen LogP contribution in [0.4, 0.5) is 5.95 Å². The Labute approximate surface area is 103 Å². The molecule has 1 atom stereocenters. The fourth-order valence-electron chi connectivity index (χ4n) is 1.71. The van der Waals surface area contributed by atoms with Crippen molar-refractivity contribution in [2.24, 2.45) is 0 Å². The molecule has 1 aromatic rings. The second-order valence-electron chi connectivity index (χ2n) is 3.82. The third-order valence-electron chi connectivity index (χ3n) is 2.42. The van der Waals surface area contributed by atoms with Crippen LogP contribution in [-0.2, 0) is 9.84 Å². The molecule has 5 nitrogen and oxygen atoms in total. The Hall–Kier alpha value is -0.690. The molecule has 1 unspecified atom stereocenters. The van der Waals surface area contributed by atoms with Crippen LogP contribution in [0.25, 0.3) is 0 Å². The molecule has 1 aliphatic heterocycles. The molecule has 0 spiro atoms. The predicted molar refractivity (Wildman–Crippen MR) is 65.0 cm³/mol. The van der Waals surface area contributed by atoms with E-state index >= 15 is 0 Å². The van der Waals surface area contributed by atoms with Crippen LogP contribution >= 0.6 is 15.9 Å². The third-order valence-corrected chi connectivity index (χ3v) is 4.65. The maximum atomic E-state index is 11.4. The van der Waals surface area contributed by atoms with Gasteiger partial charge in [-0.1, -0.05) is 0 Å². The number of rotatable bonds is 2. The van der Waals surface area contributed by atoms with Crippen molar-refractivity contribution in [3.63, 3.8) is 0 Å². The average Bonchev–Trinajstić information content (AvgIpc) is 2.20. The highest BCUT2D eigenvalue weighted by Gasteiger charge is 2.24. The molecule has 1 N–H and O–H groups in total. The quantitative estimate of drug-likeness (QED) is 0.890. The van der Waals surface area contributed by atoms with Crippen LogP contribution in [0.3, 0.4) is 0 Å². The lowest BCUT2D eigenvalue weighted by atomic mass is 10.2. The van der Waals surface area contributed by atoms with Gasteiger partial charge < -0.3 is 5.32 Å². The van der Waals surface area contributed by atoms with E-state index in [0.717, 1.165) is 10.9 Å². The number of anilines is 1. The molecule has 0 aromatic carbocycles. The summed E-state index contributed by atoms with van der Waals surface area (Å²) in [5.41, 5.74) is 0. The molecule has 1 aromatic heterocycles. The number of halogens is 1. The summed E-state index contributed by atoms with van der Waals surface area (Å²) < 4.78 is 23.6. The van der Waals surface area contributed by atoms with Crippen molar-refractivity contribution in [3.8, 4) is 0 Å². The Morgan fingerprint density at radius 1 is 1.38 bits per heavy atom. The van der Waals surface area contributed by atoms with E-state index in [-0.39, 0.29) is 11.8 Å². The smallest absolute Gasteiger partial charge is 0.222 e. The van der Waals surface area contributed by atoms with Crippen LogP contribution < -0.4 is 5.32 Å². The first kappa shape index (κ1) is 11.8. The number of aromatic nitrogens is 2. The van der Waals surface area contributed by atoms with Gasteiger partial charge in [0.25, 0.3) is 0 Å². The first-order chi connectivity index (χ1) is 7.55. The maximum Gasteiger partial charge on any atom is 0.222 e. The second-order valence-corrected chi connectivity index (χ2v) is 6.97. The predicted octanol–water partition coefficient (Wildman–Crippen LogP) is 1.23. The molecule has 0 bridgehead atoms. The molecule has 16 heavy (non-hydrogen) atoms. The highest BCUT2D eigenvalue weighted by atomic mass is 79.9. The van der Waals surface area contributed by atoms with Crippen molar-refractivity contribution in [2.75, 3.05) is 16.8 Å². The molecule has 0 radical (unpaired) electrons. The summed E-state index contributed by atoms with van der Waals surface area (Å²) in [6.45, 7) is 0. The molecule has 7 heteroatoms. The highest BCUT2D eigenvalue weighted by Crippen LogP contribution is 2.15. The van der Waals surface area contributed by atoms with Gasteiger partial charge in [0.1, 0.15) is 0 Å². The zero-order valence-corrected chi connectivity index (χ0v) is 11.0. The van der Waals surface area contributed by atoms with Gasteiger partial charge in [0.05, 0.1) is 16.0 Å². The monoisotopic (exact) mass is 305 g/mol. The van der Waals surface area contributed by atoms with Gasteiger partial charge >= 0.3 is 0 Å². The van der Waals surface area contributed by atoms with Gasteiger partial charge in [-0.3, -0.25) is 0 Å². The lowest BCUT2D eigenvalue weighted by Gasteiger charge is -2.22. The summed E-state index contributed by atoms with van der Waals surface area (Å²) in [4.78, 5) is 8.11. The van der Waals surface area contributed by atoms with Gasteiger partial charge in [-0.15, -0.1) is 0 Å². The summed E-state index contributed by atoms with van der Waals surface area (Å²) in [5.74, 6) is 0.948. The minimum Gasteiger partial charge on any atom is -0.350 e. The minimum atomic E-state index is -2.89. The van der Waals surface area contributed by atoms with Gasteiger partial charge in [0.15, 0.2) is 9.84 Å². The zero-order valence-electron chi connectivity index (χ0n) is 8.56. The SMILES string of the molecule is O=S1(=O)CCCC(Nc2ncc(Br)cn2)C1. The first-order valence-electron chi connectivity index (χ1n) is 5.00. The number of sulfone groups is 1. The number of hydrogen-bond donors (Lipinski definition) is 1. The minimum absolute atomic E-state index is 0.0695. The fraction of sp³-hybridized carbons (Fsp3) is 0.556. The van der Waals surface area contributed by atoms with Gasteiger partial charge in [-0.25, -0.2) is 18.4 Å². The standard InChI is InChI=1S/C9H12BrN3O2S/c10-7-4-11-9(12-5-7)13-8-2-1-3-16(14,15)6-8/h4-5,8H,1-3,6H2,(H,11,12,13). The molecule has 0 amide bonds. The lowest BCUT2D eigenvalue weighted by molar-refractivity contribution is 0.561. The molecule has 1 saturated heterocycles. The molecule has 0 aliphatic carbocycles. The van der Waals surface area contributed by atoms with Gasteiger partial charge in [0.2, 0.25) is 5.95 Å². The Balaban J connectivity index is 2.02. The van der Waals surface area contributed by atoms with E-state index in [1.807, 2.05) is 0 Å². The lowest BCUT2D eigenvalue weighted by Crippen LogP contribution is -2.35. The summed E-state index contributed by atoms with van der Waals surface area (Å²) >= 11 is 3.24. The van der Waals surface area contributed by atoms with E-state index < -0.39 is 9.84 Å². The van der Waals surface area contributed by atoms with Gasteiger partial charge in [0, 0.05) is 18.4 Å². The molecule has 1 fully saturated rings. The molecule has 88 valence electrons. The Bertz CT molecular complexity index is 460. The van der Waals surface area contributed by atoms with E-state index in [1.165, 1.54) is 0 Å². The highest BCUT2D eigenvalue weighted by molar-refractivity contribution is 9.10. The van der Waals surface area contributed by atoms with Gasteiger partial charge in [-0.2, -0.15) is 0 Å². The van der Waals surface area contributed by atoms with E-state index in [9.17, 15) is 8.42 Å². The summed E-state index contributed by atoms with van der Waals surface area (Å²) in [7, 11) is -2.89. The molecule has 1 aliphatic rings. The average molecular weight is 306 g/mol. The van der Waals surface area contributed by atoms with E-state index in [0.29, 0.717) is 18.1 Å². The van der Waals surface area contributed by atoms with Crippen LogP contribution in [0.15, 0.2) is 16.9 Å². The van der Waals surface area contributed by atoms with Crippen molar-refractivity contribution in [1.29, 1.82) is 0 Å². The largest absolute Gasteiger partial charge is 0.350 e. The Morgan fingerprint density at radius 3 is 2.69 bits per heavy atom. The van der Waals surface area contributed by atoms with Crippen LogP contribution in [0.2, 0.25) is 0 Å². The Kier molecular flexibility index (Phi) is 3.44. The molecule has 0 saturated carbocycles. The van der Waals surface area contributed by atoms with Crippen molar-refractivity contribution in [1.82, 2.24) is 9.97 Å². The van der Waals surface area contributed by atoms with Crippen molar-refractivity contribution >= 4 is 31.7 Å². The van der Waals surface area contributed by atoms with E-state index in [2.05, 4.69) is 31.2 Å². The molecular formula is C9H12BrN3O2S. The Morgan fingerprint density at radius 2 is 2.06 bits per heavy atom. The van der Waals surface area contributed by atoms with E-state index in [4.69, 9.17) is 0 Å². The summed E-state index contributed by atoms with van der Waals surface area (Å²) in [6, 6.07) is -0.0695. The molecule has 2 rings (SSSR count). The number of hydrogen-bond acceptors (Lipinski definition) is 5. The van der Waals surface area contributed by atoms with Crippen molar-refractivity contribution in [3.05, 3.63) is 16.9 Å². The van der Waals surface area contributed by atoms with Crippen LogP contribution in [0.5, 0.6) is 0 Å². The number of nitrogens with zero attached hydrogens (tertiary/aromatic N) is 2. The van der Waals surface area contributed by atoms with Crippen molar-refractivity contribution in [2.45, 2.75) is 18.9 Å². The maximum absolute atomic E-state index is 11.4. The van der Waals surface area contributed by atoms with Crippen LogP contribution in [0.1, 0.15) is 12.8 Å². The molecular weight excluding hydrogens is 294 g/mol. The summed E-state index contributed by atoms with van der Waals surface area (Å²) in [5, 5.41) is 3.04.